The van der Waals surface area contributed by atoms with Gasteiger partial charge in [0.25, 0.3) is 0 Å². The molecule has 1 heterocycles. The second kappa shape index (κ2) is 4.90. The summed E-state index contributed by atoms with van der Waals surface area (Å²) in [5, 5.41) is 0. The third-order valence-electron chi connectivity index (χ3n) is 3.10. The van der Waals surface area contributed by atoms with Crippen LogP contribution in [0.15, 0.2) is 24.3 Å². The van der Waals surface area contributed by atoms with E-state index in [1.54, 1.807) is 0 Å². The highest BCUT2D eigenvalue weighted by Gasteiger charge is 2.34. The summed E-state index contributed by atoms with van der Waals surface area (Å²) in [5.41, 5.74) is 7.21. The van der Waals surface area contributed by atoms with Gasteiger partial charge in [0.1, 0.15) is 5.75 Å². The van der Waals surface area contributed by atoms with Crippen molar-refractivity contribution in [1.29, 1.82) is 0 Å². The van der Waals surface area contributed by atoms with Gasteiger partial charge in [0.15, 0.2) is 0 Å². The molecule has 3 nitrogen and oxygen atoms in total. The van der Waals surface area contributed by atoms with Gasteiger partial charge in [-0.2, -0.15) is 0 Å². The standard InChI is InChI=1S/C15H23NO2/c1-14(2,16)8-12-6-4-5-7-13(12)18-11-15(3)9-17-10-15/h4-7H,8-11,16H2,1-3H3. The van der Waals surface area contributed by atoms with Crippen molar-refractivity contribution in [2.24, 2.45) is 11.1 Å². The average molecular weight is 249 g/mol. The van der Waals surface area contributed by atoms with Crippen LogP contribution in [0.1, 0.15) is 26.3 Å². The molecule has 1 aromatic rings. The molecule has 1 aliphatic heterocycles. The van der Waals surface area contributed by atoms with Gasteiger partial charge in [0.2, 0.25) is 0 Å². The predicted octanol–water partition coefficient (Wildman–Crippen LogP) is 2.38. The van der Waals surface area contributed by atoms with Gasteiger partial charge < -0.3 is 15.2 Å². The maximum absolute atomic E-state index is 6.08. The van der Waals surface area contributed by atoms with E-state index in [-0.39, 0.29) is 11.0 Å². The Morgan fingerprint density at radius 1 is 1.33 bits per heavy atom. The van der Waals surface area contributed by atoms with Crippen LogP contribution in [0, 0.1) is 5.41 Å². The van der Waals surface area contributed by atoms with Gasteiger partial charge in [-0.3, -0.25) is 0 Å². The fourth-order valence-corrected chi connectivity index (χ4v) is 2.07. The van der Waals surface area contributed by atoms with Gasteiger partial charge in [-0.25, -0.2) is 0 Å². The molecule has 0 saturated carbocycles. The number of rotatable bonds is 5. The summed E-state index contributed by atoms with van der Waals surface area (Å²) in [6.45, 7) is 8.53. The monoisotopic (exact) mass is 249 g/mol. The van der Waals surface area contributed by atoms with E-state index >= 15 is 0 Å². The third kappa shape index (κ3) is 3.47. The first-order valence-electron chi connectivity index (χ1n) is 6.45. The van der Waals surface area contributed by atoms with Gasteiger partial charge >= 0.3 is 0 Å². The molecule has 3 heteroatoms. The fraction of sp³-hybridized carbons (Fsp3) is 0.600. The van der Waals surface area contributed by atoms with Crippen molar-refractivity contribution >= 4 is 0 Å². The van der Waals surface area contributed by atoms with Gasteiger partial charge in [0.05, 0.1) is 19.8 Å². The minimum atomic E-state index is -0.219. The molecule has 0 aliphatic carbocycles. The lowest BCUT2D eigenvalue weighted by Crippen LogP contribution is -2.44. The number of benzene rings is 1. The minimum absolute atomic E-state index is 0.172. The first kappa shape index (κ1) is 13.4. The molecule has 1 saturated heterocycles. The Hall–Kier alpha value is -1.06. The number of hydrogen-bond acceptors (Lipinski definition) is 3. The molecule has 0 radical (unpaired) electrons. The number of ether oxygens (including phenoxy) is 2. The molecule has 0 bridgehead atoms. The number of hydrogen-bond donors (Lipinski definition) is 1. The van der Waals surface area contributed by atoms with Crippen LogP contribution >= 0.6 is 0 Å². The largest absolute Gasteiger partial charge is 0.493 e. The van der Waals surface area contributed by atoms with E-state index in [1.807, 2.05) is 32.0 Å². The smallest absolute Gasteiger partial charge is 0.122 e. The highest BCUT2D eigenvalue weighted by molar-refractivity contribution is 5.34. The third-order valence-corrected chi connectivity index (χ3v) is 3.10. The lowest BCUT2D eigenvalue weighted by atomic mass is 9.90. The van der Waals surface area contributed by atoms with E-state index < -0.39 is 0 Å². The van der Waals surface area contributed by atoms with E-state index in [4.69, 9.17) is 15.2 Å². The molecule has 1 aliphatic rings. The molecular formula is C15H23NO2. The van der Waals surface area contributed by atoms with Crippen LogP contribution in [-0.2, 0) is 11.2 Å². The molecule has 18 heavy (non-hydrogen) atoms. The lowest BCUT2D eigenvalue weighted by Gasteiger charge is -2.37. The van der Waals surface area contributed by atoms with E-state index in [0.717, 1.165) is 25.4 Å². The summed E-state index contributed by atoms with van der Waals surface area (Å²) in [6, 6.07) is 8.14. The molecule has 2 rings (SSSR count). The molecule has 1 fully saturated rings. The maximum Gasteiger partial charge on any atom is 0.122 e. The minimum Gasteiger partial charge on any atom is -0.493 e. The molecule has 2 N–H and O–H groups in total. The zero-order valence-electron chi connectivity index (χ0n) is 11.5. The number of para-hydroxylation sites is 1. The van der Waals surface area contributed by atoms with Crippen molar-refractivity contribution in [3.05, 3.63) is 29.8 Å². The molecule has 100 valence electrons. The van der Waals surface area contributed by atoms with Crippen LogP contribution in [0.5, 0.6) is 5.75 Å². The van der Waals surface area contributed by atoms with E-state index in [1.165, 1.54) is 5.56 Å². The normalized spacial score (nSPS) is 18.2. The van der Waals surface area contributed by atoms with Crippen LogP contribution in [0.2, 0.25) is 0 Å². The van der Waals surface area contributed by atoms with Crippen LogP contribution in [-0.4, -0.2) is 25.4 Å². The van der Waals surface area contributed by atoms with Crippen molar-refractivity contribution in [2.45, 2.75) is 32.7 Å². The van der Waals surface area contributed by atoms with Crippen LogP contribution in [0.25, 0.3) is 0 Å². The topological polar surface area (TPSA) is 44.5 Å². The Morgan fingerprint density at radius 3 is 2.56 bits per heavy atom. The summed E-state index contributed by atoms with van der Waals surface area (Å²) >= 11 is 0. The van der Waals surface area contributed by atoms with Gasteiger partial charge in [-0.1, -0.05) is 25.1 Å². The van der Waals surface area contributed by atoms with E-state index in [9.17, 15) is 0 Å². The van der Waals surface area contributed by atoms with E-state index in [0.29, 0.717) is 6.61 Å². The molecule has 0 amide bonds. The molecule has 0 unspecified atom stereocenters. The highest BCUT2D eigenvalue weighted by atomic mass is 16.5. The second-order valence-corrected chi connectivity index (χ2v) is 6.37. The Bertz CT molecular complexity index is 405. The zero-order chi connectivity index (χ0) is 13.2. The summed E-state index contributed by atoms with van der Waals surface area (Å²) in [7, 11) is 0. The van der Waals surface area contributed by atoms with Crippen LogP contribution in [0.4, 0.5) is 0 Å². The van der Waals surface area contributed by atoms with Crippen molar-refractivity contribution in [3.8, 4) is 5.75 Å². The van der Waals surface area contributed by atoms with Gasteiger partial charge in [0, 0.05) is 11.0 Å². The number of nitrogens with two attached hydrogens (primary N) is 1. The quantitative estimate of drug-likeness (QED) is 0.871. The molecule has 1 aromatic carbocycles. The van der Waals surface area contributed by atoms with E-state index in [2.05, 4.69) is 13.0 Å². The molecule has 0 spiro atoms. The van der Waals surface area contributed by atoms with Crippen molar-refractivity contribution in [2.75, 3.05) is 19.8 Å². The summed E-state index contributed by atoms with van der Waals surface area (Å²) in [6.07, 6.45) is 0.816. The zero-order valence-corrected chi connectivity index (χ0v) is 11.5. The SMILES string of the molecule is CC(C)(N)Cc1ccccc1OCC1(C)COC1. The fourth-order valence-electron chi connectivity index (χ4n) is 2.07. The summed E-state index contributed by atoms with van der Waals surface area (Å²) in [4.78, 5) is 0. The lowest BCUT2D eigenvalue weighted by molar-refractivity contribution is -0.120. The predicted molar refractivity (Wildman–Crippen MR) is 72.8 cm³/mol. The van der Waals surface area contributed by atoms with Crippen molar-refractivity contribution < 1.29 is 9.47 Å². The van der Waals surface area contributed by atoms with Crippen LogP contribution < -0.4 is 10.5 Å². The van der Waals surface area contributed by atoms with Crippen molar-refractivity contribution in [3.63, 3.8) is 0 Å². The average Bonchev–Trinajstić information content (AvgIpc) is 2.23. The molecular weight excluding hydrogens is 226 g/mol. The Balaban J connectivity index is 2.03. The maximum atomic E-state index is 6.08. The summed E-state index contributed by atoms with van der Waals surface area (Å²) < 4.78 is 11.2. The first-order valence-corrected chi connectivity index (χ1v) is 6.45. The van der Waals surface area contributed by atoms with Gasteiger partial charge in [-0.05, 0) is 31.9 Å². The Labute approximate surface area is 109 Å². The molecule has 0 atom stereocenters. The Morgan fingerprint density at radius 2 is 2.00 bits per heavy atom. The second-order valence-electron chi connectivity index (χ2n) is 6.37. The first-order chi connectivity index (χ1) is 8.38. The Kier molecular flexibility index (Phi) is 3.64. The van der Waals surface area contributed by atoms with Crippen LogP contribution in [0.3, 0.4) is 0 Å². The van der Waals surface area contributed by atoms with Crippen molar-refractivity contribution in [1.82, 2.24) is 0 Å². The summed E-state index contributed by atoms with van der Waals surface area (Å²) in [5.74, 6) is 0.948. The molecule has 0 aromatic heterocycles. The highest BCUT2D eigenvalue weighted by Crippen LogP contribution is 2.29. The van der Waals surface area contributed by atoms with Gasteiger partial charge in [-0.15, -0.1) is 0 Å².